The first kappa shape index (κ1) is 11.2. The monoisotopic (exact) mass is 338 g/mol. The molecule has 3 aliphatic rings. The predicted molar refractivity (Wildman–Crippen MR) is 69.8 cm³/mol. The van der Waals surface area contributed by atoms with Crippen molar-refractivity contribution >= 4 is 26.3 Å². The number of alkyl halides is 1. The first-order valence-corrected chi connectivity index (χ1v) is 9.12. The standard InChI is InChI=1S/C11H19IN2O2/c1-9(2,11-12(13-11)14-11)8(15)16-10(3)6-4-5-7-10/h13-14H,4-7H2,1-3H3. The van der Waals surface area contributed by atoms with Crippen LogP contribution < -0.4 is 7.06 Å². The van der Waals surface area contributed by atoms with Gasteiger partial charge in [-0.3, -0.25) is 0 Å². The third-order valence-electron chi connectivity index (χ3n) is 4.03. The molecule has 16 heavy (non-hydrogen) atoms. The van der Waals surface area contributed by atoms with Crippen molar-refractivity contribution < 1.29 is 9.53 Å². The zero-order valence-electron chi connectivity index (χ0n) is 10.0. The number of esters is 1. The predicted octanol–water partition coefficient (Wildman–Crippen LogP) is 2.09. The summed E-state index contributed by atoms with van der Waals surface area (Å²) in [5.41, 5.74) is -0.600. The van der Waals surface area contributed by atoms with Gasteiger partial charge in [-0.2, -0.15) is 0 Å². The number of hydrogen-bond donors (Lipinski definition) is 2. The van der Waals surface area contributed by atoms with E-state index in [0.29, 0.717) is 0 Å². The number of carbonyl (C=O) groups excluding carboxylic acids is 1. The number of rotatable bonds is 3. The van der Waals surface area contributed by atoms with E-state index in [2.05, 4.69) is 14.0 Å². The van der Waals surface area contributed by atoms with E-state index in [4.69, 9.17) is 4.74 Å². The van der Waals surface area contributed by atoms with Gasteiger partial charge in [0.2, 0.25) is 0 Å². The average molecular weight is 338 g/mol. The summed E-state index contributed by atoms with van der Waals surface area (Å²) < 4.78 is 12.6. The molecule has 5 heteroatoms. The Kier molecular flexibility index (Phi) is 2.18. The van der Waals surface area contributed by atoms with Crippen molar-refractivity contribution in [1.82, 2.24) is 7.06 Å². The Morgan fingerprint density at radius 3 is 2.25 bits per heavy atom. The molecule has 0 bridgehead atoms. The van der Waals surface area contributed by atoms with Crippen molar-refractivity contribution in [1.29, 1.82) is 0 Å². The van der Waals surface area contributed by atoms with E-state index in [1.807, 2.05) is 13.8 Å². The minimum atomic E-state index is -1.07. The Labute approximate surface area is 104 Å². The summed E-state index contributed by atoms with van der Waals surface area (Å²) in [5, 5.41) is 0. The van der Waals surface area contributed by atoms with E-state index in [9.17, 15) is 4.79 Å². The van der Waals surface area contributed by atoms with E-state index < -0.39 is 25.8 Å². The summed E-state index contributed by atoms with van der Waals surface area (Å²) in [6.45, 7) is 6.07. The topological polar surface area (TPSA) is 70.2 Å². The van der Waals surface area contributed by atoms with Gasteiger partial charge in [0, 0.05) is 0 Å². The molecule has 2 N–H and O–H groups in total. The zero-order valence-corrected chi connectivity index (χ0v) is 12.2. The second-order valence-electron chi connectivity index (χ2n) is 5.80. The van der Waals surface area contributed by atoms with Crippen LogP contribution >= 0.6 is 20.4 Å². The summed E-state index contributed by atoms with van der Waals surface area (Å²) in [5.74, 6) is -0.0331. The molecule has 0 radical (unpaired) electrons. The molecule has 0 spiro atoms. The van der Waals surface area contributed by atoms with Gasteiger partial charge in [-0.05, 0) is 0 Å². The van der Waals surface area contributed by atoms with Gasteiger partial charge in [-0.15, -0.1) is 0 Å². The van der Waals surface area contributed by atoms with Gasteiger partial charge in [0.05, 0.1) is 0 Å². The fourth-order valence-electron chi connectivity index (χ4n) is 2.41. The molecule has 0 aromatic rings. The van der Waals surface area contributed by atoms with Crippen LogP contribution in [-0.4, -0.2) is 15.2 Å². The number of fused-ring (bicyclic) bond motifs is 1. The molecule has 3 fully saturated rings. The SMILES string of the molecule is CC1(OC(=O)C(C)(C)C23NI2N3)CCCC1. The molecule has 1 aliphatic carbocycles. The molecule has 3 rings (SSSR count). The van der Waals surface area contributed by atoms with Gasteiger partial charge in [-0.1, -0.05) is 0 Å². The van der Waals surface area contributed by atoms with E-state index in [1.165, 1.54) is 12.8 Å². The second kappa shape index (κ2) is 3.11. The van der Waals surface area contributed by atoms with Crippen molar-refractivity contribution in [3.8, 4) is 0 Å². The van der Waals surface area contributed by atoms with Gasteiger partial charge in [0.25, 0.3) is 0 Å². The molecule has 2 saturated heterocycles. The molecule has 0 amide bonds. The quantitative estimate of drug-likeness (QED) is 0.206. The van der Waals surface area contributed by atoms with E-state index in [-0.39, 0.29) is 15.2 Å². The summed E-state index contributed by atoms with van der Waals surface area (Å²) in [4.78, 5) is 12.3. The molecule has 4 nitrogen and oxygen atoms in total. The molecule has 0 atom stereocenters. The van der Waals surface area contributed by atoms with Crippen molar-refractivity contribution in [2.75, 3.05) is 0 Å². The number of carbonyl (C=O) groups is 1. The second-order valence-corrected chi connectivity index (χ2v) is 10.1. The molecular weight excluding hydrogens is 319 g/mol. The third kappa shape index (κ3) is 1.44. The Hall–Kier alpha value is 0.120. The molecular formula is C11H19IN2O2. The van der Waals surface area contributed by atoms with Gasteiger partial charge in [-0.25, -0.2) is 0 Å². The Morgan fingerprint density at radius 1 is 1.31 bits per heavy atom. The van der Waals surface area contributed by atoms with Crippen LogP contribution in [0.1, 0.15) is 46.5 Å². The Bertz CT molecular complexity index is 344. The van der Waals surface area contributed by atoms with E-state index in [0.717, 1.165) is 12.8 Å². The van der Waals surface area contributed by atoms with Crippen molar-refractivity contribution in [3.05, 3.63) is 0 Å². The van der Waals surface area contributed by atoms with Crippen LogP contribution in [0.3, 0.4) is 0 Å². The normalized spacial score (nSPS) is 30.8. The summed E-state index contributed by atoms with van der Waals surface area (Å²) in [6.07, 6.45) is 4.41. The maximum atomic E-state index is 12.3. The first-order valence-electron chi connectivity index (χ1n) is 5.89. The molecule has 2 aliphatic heterocycles. The Balaban J connectivity index is 1.68. The van der Waals surface area contributed by atoms with Crippen molar-refractivity contribution in [2.45, 2.75) is 55.7 Å². The number of nitrogens with one attached hydrogen (secondary N) is 2. The molecule has 92 valence electrons. The van der Waals surface area contributed by atoms with Crippen molar-refractivity contribution in [2.24, 2.45) is 5.41 Å². The molecule has 0 aromatic carbocycles. The molecule has 1 saturated carbocycles. The number of halogens is 1. The van der Waals surface area contributed by atoms with Gasteiger partial charge in [0.1, 0.15) is 0 Å². The van der Waals surface area contributed by atoms with Crippen LogP contribution in [-0.2, 0) is 9.53 Å². The van der Waals surface area contributed by atoms with Gasteiger partial charge < -0.3 is 0 Å². The molecule has 0 unspecified atom stereocenters. The average Bonchev–Trinajstić information content (AvgIpc) is 2.98. The zero-order chi connectivity index (χ0) is 11.6. The summed E-state index contributed by atoms with van der Waals surface area (Å²) >= 11 is -1.07. The van der Waals surface area contributed by atoms with Crippen LogP contribution in [0.15, 0.2) is 0 Å². The minimum absolute atomic E-state index is 0.00294. The fraction of sp³-hybridized carbons (Fsp3) is 0.909. The van der Waals surface area contributed by atoms with Crippen LogP contribution in [0.2, 0.25) is 0 Å². The van der Waals surface area contributed by atoms with E-state index >= 15 is 0 Å². The molecule has 2 heterocycles. The first-order chi connectivity index (χ1) is 7.40. The summed E-state index contributed by atoms with van der Waals surface area (Å²) in [7, 11) is 0. The van der Waals surface area contributed by atoms with Crippen molar-refractivity contribution in [3.63, 3.8) is 0 Å². The van der Waals surface area contributed by atoms with Gasteiger partial charge >= 0.3 is 104 Å². The van der Waals surface area contributed by atoms with Crippen LogP contribution in [0, 0.1) is 5.41 Å². The summed E-state index contributed by atoms with van der Waals surface area (Å²) in [6, 6.07) is 0. The number of hydrogen-bond acceptors (Lipinski definition) is 4. The third-order valence-corrected chi connectivity index (χ3v) is 9.16. The van der Waals surface area contributed by atoms with Crippen LogP contribution in [0.4, 0.5) is 0 Å². The maximum absolute atomic E-state index is 12.3. The fourth-order valence-corrected chi connectivity index (χ4v) is 7.98. The van der Waals surface area contributed by atoms with E-state index in [1.54, 1.807) is 0 Å². The van der Waals surface area contributed by atoms with Gasteiger partial charge in [0.15, 0.2) is 0 Å². The molecule has 0 aromatic heterocycles. The number of ether oxygens (including phenoxy) is 1. The Morgan fingerprint density at radius 2 is 1.81 bits per heavy atom. The van der Waals surface area contributed by atoms with Crippen LogP contribution in [0.5, 0.6) is 0 Å². The van der Waals surface area contributed by atoms with Crippen LogP contribution in [0.25, 0.3) is 0 Å².